The first-order valence-corrected chi connectivity index (χ1v) is 4.20. The molecule has 0 N–H and O–H groups in total. The van der Waals surface area contributed by atoms with E-state index >= 15 is 0 Å². The molecule has 14 heavy (non-hydrogen) atoms. The molecule has 1 heterocycles. The van der Waals surface area contributed by atoms with E-state index in [0.29, 0.717) is 6.61 Å². The zero-order valence-electron chi connectivity index (χ0n) is 7.43. The third kappa shape index (κ3) is 2.10. The molecule has 0 saturated heterocycles. The van der Waals surface area contributed by atoms with Crippen molar-refractivity contribution in [3.8, 4) is 0 Å². The van der Waals surface area contributed by atoms with E-state index < -0.39 is 0 Å². The summed E-state index contributed by atoms with van der Waals surface area (Å²) in [6.07, 6.45) is 4.89. The Bertz CT molecular complexity index is 383. The van der Waals surface area contributed by atoms with Gasteiger partial charge in [-0.25, -0.2) is 9.37 Å². The second-order valence-corrected chi connectivity index (χ2v) is 2.82. The van der Waals surface area contributed by atoms with Gasteiger partial charge >= 0.3 is 0 Å². The number of hydrogen-bond acceptors (Lipinski definition) is 2. The van der Waals surface area contributed by atoms with Crippen LogP contribution in [-0.4, -0.2) is 9.71 Å². The van der Waals surface area contributed by atoms with Gasteiger partial charge in [0.25, 0.3) is 0 Å². The van der Waals surface area contributed by atoms with Gasteiger partial charge in [0.1, 0.15) is 18.8 Å². The average molecular weight is 192 g/mol. The Morgan fingerprint density at radius 3 is 2.71 bits per heavy atom. The molecule has 2 rings (SSSR count). The van der Waals surface area contributed by atoms with E-state index in [2.05, 4.69) is 4.98 Å². The topological polar surface area (TPSA) is 27.1 Å². The predicted molar refractivity (Wildman–Crippen MR) is 48.9 cm³/mol. The molecule has 1 aromatic carbocycles. The van der Waals surface area contributed by atoms with Crippen LogP contribution in [0.4, 0.5) is 4.39 Å². The molecule has 0 amide bonds. The molecular formula is C10H9FN2O. The molecule has 0 atom stereocenters. The van der Waals surface area contributed by atoms with Crippen LogP contribution in [0.15, 0.2) is 43.0 Å². The van der Waals surface area contributed by atoms with Crippen LogP contribution in [-0.2, 0) is 6.61 Å². The third-order valence-electron chi connectivity index (χ3n) is 1.77. The van der Waals surface area contributed by atoms with Gasteiger partial charge in [0.2, 0.25) is 0 Å². The van der Waals surface area contributed by atoms with Gasteiger partial charge in [-0.3, -0.25) is 0 Å². The number of rotatable bonds is 3. The maximum atomic E-state index is 12.5. The van der Waals surface area contributed by atoms with E-state index in [-0.39, 0.29) is 5.82 Å². The summed E-state index contributed by atoms with van der Waals surface area (Å²) >= 11 is 0. The summed E-state index contributed by atoms with van der Waals surface area (Å²) in [5.41, 5.74) is 0.917. The minimum Gasteiger partial charge on any atom is -0.408 e. The molecule has 0 fully saturated rings. The summed E-state index contributed by atoms with van der Waals surface area (Å²) in [6, 6.07) is 6.19. The fraction of sp³-hybridized carbons (Fsp3) is 0.100. The van der Waals surface area contributed by atoms with Crippen molar-refractivity contribution in [1.29, 1.82) is 0 Å². The molecule has 72 valence electrons. The van der Waals surface area contributed by atoms with E-state index in [1.807, 2.05) is 0 Å². The quantitative estimate of drug-likeness (QED) is 0.739. The lowest BCUT2D eigenvalue weighted by Crippen LogP contribution is -2.08. The van der Waals surface area contributed by atoms with E-state index in [1.165, 1.54) is 16.9 Å². The number of benzene rings is 1. The number of nitrogens with zero attached hydrogens (tertiary/aromatic N) is 2. The fourth-order valence-electron chi connectivity index (χ4n) is 1.05. The van der Waals surface area contributed by atoms with Crippen LogP contribution >= 0.6 is 0 Å². The third-order valence-corrected chi connectivity index (χ3v) is 1.77. The van der Waals surface area contributed by atoms with Gasteiger partial charge < -0.3 is 4.84 Å². The van der Waals surface area contributed by atoms with Gasteiger partial charge in [-0.05, 0) is 17.7 Å². The van der Waals surface area contributed by atoms with E-state index in [1.54, 1.807) is 30.9 Å². The second kappa shape index (κ2) is 3.91. The van der Waals surface area contributed by atoms with Crippen LogP contribution in [0.5, 0.6) is 0 Å². The molecule has 0 radical (unpaired) electrons. The second-order valence-electron chi connectivity index (χ2n) is 2.82. The molecule has 4 heteroatoms. The van der Waals surface area contributed by atoms with Crippen molar-refractivity contribution in [3.63, 3.8) is 0 Å². The van der Waals surface area contributed by atoms with Crippen LogP contribution in [0, 0.1) is 5.82 Å². The van der Waals surface area contributed by atoms with Gasteiger partial charge in [-0.2, -0.15) is 4.73 Å². The standard InChI is InChI=1S/C10H9FN2O/c11-10-3-1-9(2-4-10)7-14-13-6-5-12-8-13/h1-6,8H,7H2. The van der Waals surface area contributed by atoms with Gasteiger partial charge in [0.15, 0.2) is 0 Å². The highest BCUT2D eigenvalue weighted by Gasteiger charge is 1.94. The smallest absolute Gasteiger partial charge is 0.140 e. The molecule has 0 spiro atoms. The molecule has 0 bridgehead atoms. The summed E-state index contributed by atoms with van der Waals surface area (Å²) in [5.74, 6) is -0.239. The molecule has 0 saturated carbocycles. The maximum Gasteiger partial charge on any atom is 0.140 e. The lowest BCUT2D eigenvalue weighted by molar-refractivity contribution is 0.0969. The van der Waals surface area contributed by atoms with Crippen molar-refractivity contribution < 1.29 is 9.23 Å². The van der Waals surface area contributed by atoms with Gasteiger partial charge in [-0.1, -0.05) is 12.1 Å². The minimum atomic E-state index is -0.239. The molecule has 2 aromatic rings. The summed E-state index contributed by atoms with van der Waals surface area (Å²) in [6.45, 7) is 0.399. The Kier molecular flexibility index (Phi) is 2.44. The summed E-state index contributed by atoms with van der Waals surface area (Å²) < 4.78 is 14.0. The minimum absolute atomic E-state index is 0.239. The predicted octanol–water partition coefficient (Wildman–Crippen LogP) is 1.65. The number of halogens is 1. The average Bonchev–Trinajstić information content (AvgIpc) is 2.70. The van der Waals surface area contributed by atoms with Crippen molar-refractivity contribution >= 4 is 0 Å². The lowest BCUT2D eigenvalue weighted by atomic mass is 10.2. The first kappa shape index (κ1) is 8.74. The molecule has 3 nitrogen and oxygen atoms in total. The fourth-order valence-corrected chi connectivity index (χ4v) is 1.05. The zero-order chi connectivity index (χ0) is 9.80. The Balaban J connectivity index is 1.95. The molecular weight excluding hydrogens is 183 g/mol. The molecule has 1 aromatic heterocycles. The van der Waals surface area contributed by atoms with Crippen molar-refractivity contribution in [1.82, 2.24) is 9.71 Å². The SMILES string of the molecule is Fc1ccc(COn2ccnc2)cc1. The Morgan fingerprint density at radius 1 is 1.29 bits per heavy atom. The highest BCUT2D eigenvalue weighted by atomic mass is 19.1. The highest BCUT2D eigenvalue weighted by Crippen LogP contribution is 2.02. The van der Waals surface area contributed by atoms with Crippen molar-refractivity contribution in [2.45, 2.75) is 6.61 Å². The van der Waals surface area contributed by atoms with Crippen LogP contribution in [0.25, 0.3) is 0 Å². The highest BCUT2D eigenvalue weighted by molar-refractivity contribution is 5.14. The summed E-state index contributed by atoms with van der Waals surface area (Å²) in [5, 5.41) is 0. The number of imidazole rings is 1. The first-order chi connectivity index (χ1) is 6.84. The monoisotopic (exact) mass is 192 g/mol. The maximum absolute atomic E-state index is 12.5. The van der Waals surface area contributed by atoms with Crippen LogP contribution in [0.1, 0.15) is 5.56 Å². The molecule has 0 unspecified atom stereocenters. The van der Waals surface area contributed by atoms with Crippen molar-refractivity contribution in [2.75, 3.05) is 0 Å². The molecule has 0 aliphatic rings. The number of hydrogen-bond donors (Lipinski definition) is 0. The first-order valence-electron chi connectivity index (χ1n) is 4.20. The lowest BCUT2D eigenvalue weighted by Gasteiger charge is -2.04. The van der Waals surface area contributed by atoms with E-state index in [4.69, 9.17) is 4.84 Å². The van der Waals surface area contributed by atoms with E-state index in [0.717, 1.165) is 5.56 Å². The van der Waals surface area contributed by atoms with Crippen LogP contribution < -0.4 is 4.84 Å². The van der Waals surface area contributed by atoms with Crippen LogP contribution in [0.3, 0.4) is 0 Å². The largest absolute Gasteiger partial charge is 0.408 e. The zero-order valence-corrected chi connectivity index (χ0v) is 7.43. The molecule has 0 aliphatic carbocycles. The summed E-state index contributed by atoms with van der Waals surface area (Å²) in [4.78, 5) is 9.13. The molecule has 0 aliphatic heterocycles. The Hall–Kier alpha value is -1.84. The van der Waals surface area contributed by atoms with Gasteiger partial charge in [0.05, 0.1) is 6.20 Å². The van der Waals surface area contributed by atoms with E-state index in [9.17, 15) is 4.39 Å². The van der Waals surface area contributed by atoms with Crippen LogP contribution in [0.2, 0.25) is 0 Å². The normalized spacial score (nSPS) is 10.1. The van der Waals surface area contributed by atoms with Gasteiger partial charge in [0, 0.05) is 6.20 Å². The summed E-state index contributed by atoms with van der Waals surface area (Å²) in [7, 11) is 0. The van der Waals surface area contributed by atoms with Crippen molar-refractivity contribution in [2.24, 2.45) is 0 Å². The van der Waals surface area contributed by atoms with Crippen molar-refractivity contribution in [3.05, 3.63) is 54.4 Å². The Morgan fingerprint density at radius 2 is 2.07 bits per heavy atom. The Labute approximate surface area is 80.7 Å². The number of aromatic nitrogens is 2. The van der Waals surface area contributed by atoms with Gasteiger partial charge in [-0.15, -0.1) is 0 Å².